The number of anilines is 1. The highest BCUT2D eigenvalue weighted by Crippen LogP contribution is 2.17. The number of rotatable bonds is 3. The number of hydrogen-bond acceptors (Lipinski definition) is 3. The van der Waals surface area contributed by atoms with Gasteiger partial charge in [-0.2, -0.15) is 10.2 Å². The van der Waals surface area contributed by atoms with Gasteiger partial charge in [0.15, 0.2) is 0 Å². The van der Waals surface area contributed by atoms with Crippen molar-refractivity contribution in [3.05, 3.63) is 49.3 Å². The van der Waals surface area contributed by atoms with Crippen LogP contribution in [0.25, 0.3) is 5.69 Å². The van der Waals surface area contributed by atoms with E-state index in [0.717, 1.165) is 0 Å². The Kier molecular flexibility index (Phi) is 2.77. The summed E-state index contributed by atoms with van der Waals surface area (Å²) in [4.78, 5) is 12.7. The minimum Gasteiger partial charge on any atom is -0.321 e. The molecule has 0 aliphatic heterocycles. The summed E-state index contributed by atoms with van der Waals surface area (Å²) >= 11 is 0. The maximum Gasteiger partial charge on any atom is 0.247 e. The molecule has 1 aromatic carbocycles. The summed E-state index contributed by atoms with van der Waals surface area (Å²) in [6.07, 6.45) is 4.37. The molecule has 80 valence electrons. The van der Waals surface area contributed by atoms with Gasteiger partial charge >= 0.3 is 0 Å². The van der Waals surface area contributed by atoms with Crippen molar-refractivity contribution in [3.8, 4) is 5.69 Å². The summed E-state index contributed by atoms with van der Waals surface area (Å²) in [5.41, 5.74) is 1.35. The zero-order chi connectivity index (χ0) is 11.4. The van der Waals surface area contributed by atoms with Crippen molar-refractivity contribution >= 4 is 11.6 Å². The molecule has 0 saturated carbocycles. The maximum atomic E-state index is 11.2. The largest absolute Gasteiger partial charge is 0.321 e. The molecule has 0 fully saturated rings. The second-order valence-electron chi connectivity index (χ2n) is 3.03. The number of aromatic nitrogens is 3. The lowest BCUT2D eigenvalue weighted by atomic mass is 10.2. The summed E-state index contributed by atoms with van der Waals surface area (Å²) in [7, 11) is 0. The van der Waals surface area contributed by atoms with Gasteiger partial charge in [-0.05, 0) is 18.2 Å². The Morgan fingerprint density at radius 3 is 2.69 bits per heavy atom. The number of amides is 1. The zero-order valence-corrected chi connectivity index (χ0v) is 8.50. The number of hydrogen-bond donors (Lipinski definition) is 1. The van der Waals surface area contributed by atoms with Crippen LogP contribution in [0.5, 0.6) is 0 Å². The molecule has 5 heteroatoms. The van der Waals surface area contributed by atoms with Crippen LogP contribution in [-0.4, -0.2) is 20.9 Å². The predicted molar refractivity (Wildman–Crippen MR) is 60.2 cm³/mol. The Hall–Kier alpha value is -2.43. The van der Waals surface area contributed by atoms with Gasteiger partial charge in [0, 0.05) is 0 Å². The van der Waals surface area contributed by atoms with E-state index in [1.54, 1.807) is 18.5 Å². The molecule has 5 nitrogen and oxygen atoms in total. The summed E-state index contributed by atoms with van der Waals surface area (Å²) < 4.78 is 0. The molecule has 0 bridgehead atoms. The highest BCUT2D eigenvalue weighted by Gasteiger charge is 2.06. The van der Waals surface area contributed by atoms with E-state index in [0.29, 0.717) is 11.4 Å². The van der Waals surface area contributed by atoms with Crippen LogP contribution in [0.1, 0.15) is 0 Å². The second kappa shape index (κ2) is 4.39. The number of carbonyl (C=O) groups is 1. The molecule has 0 aliphatic rings. The summed E-state index contributed by atoms with van der Waals surface area (Å²) in [5, 5.41) is 10.7. The second-order valence-corrected chi connectivity index (χ2v) is 3.03. The lowest BCUT2D eigenvalue weighted by Gasteiger charge is -2.07. The average Bonchev–Trinajstić information content (AvgIpc) is 2.83. The van der Waals surface area contributed by atoms with Crippen molar-refractivity contribution in [2.45, 2.75) is 0 Å². The molecule has 0 spiro atoms. The van der Waals surface area contributed by atoms with Crippen LogP contribution < -0.4 is 5.32 Å². The molecule has 16 heavy (non-hydrogen) atoms. The third-order valence-corrected chi connectivity index (χ3v) is 1.98. The highest BCUT2D eigenvalue weighted by molar-refractivity contribution is 6.00. The van der Waals surface area contributed by atoms with Crippen LogP contribution >= 0.6 is 0 Å². The zero-order valence-electron chi connectivity index (χ0n) is 8.50. The van der Waals surface area contributed by atoms with Crippen molar-refractivity contribution in [2.75, 3.05) is 5.32 Å². The molecule has 0 saturated heterocycles. The molecular weight excluding hydrogens is 204 g/mol. The number of carbonyl (C=O) groups excluding carboxylic acids is 1. The van der Waals surface area contributed by atoms with Gasteiger partial charge in [0.05, 0.1) is 18.1 Å². The first kappa shape index (κ1) is 10.1. The Balaban J connectivity index is 2.38. The third kappa shape index (κ3) is 1.98. The van der Waals surface area contributed by atoms with Gasteiger partial charge in [0.2, 0.25) is 5.91 Å². The molecule has 1 N–H and O–H groups in total. The van der Waals surface area contributed by atoms with E-state index in [4.69, 9.17) is 0 Å². The molecule has 0 atom stereocenters. The van der Waals surface area contributed by atoms with Gasteiger partial charge in [-0.1, -0.05) is 18.7 Å². The minimum absolute atomic E-state index is 0.264. The van der Waals surface area contributed by atoms with Crippen LogP contribution in [0.15, 0.2) is 49.3 Å². The van der Waals surface area contributed by atoms with Crippen LogP contribution in [0.2, 0.25) is 0 Å². The number of benzene rings is 1. The molecule has 0 radical (unpaired) electrons. The fourth-order valence-electron chi connectivity index (χ4n) is 1.28. The van der Waals surface area contributed by atoms with Crippen molar-refractivity contribution < 1.29 is 4.79 Å². The number of nitrogens with zero attached hydrogens (tertiary/aromatic N) is 3. The minimum atomic E-state index is -0.264. The standard InChI is InChI=1S/C11H10N4O/c1-2-11(16)14-9-5-3-4-6-10(9)15-12-7-8-13-15/h2-8H,1H2,(H,14,16). The van der Waals surface area contributed by atoms with Gasteiger partial charge in [-0.25, -0.2) is 0 Å². The SMILES string of the molecule is C=CC(=O)Nc1ccccc1-n1nccn1. The fraction of sp³-hybridized carbons (Fsp3) is 0. The van der Waals surface area contributed by atoms with Gasteiger partial charge in [0.1, 0.15) is 5.69 Å². The smallest absolute Gasteiger partial charge is 0.247 e. The van der Waals surface area contributed by atoms with Crippen LogP contribution in [0.3, 0.4) is 0 Å². The third-order valence-electron chi connectivity index (χ3n) is 1.98. The Bertz CT molecular complexity index is 504. The van der Waals surface area contributed by atoms with E-state index in [-0.39, 0.29) is 5.91 Å². The molecule has 1 heterocycles. The van der Waals surface area contributed by atoms with E-state index in [1.165, 1.54) is 10.9 Å². The summed E-state index contributed by atoms with van der Waals surface area (Å²) in [6.45, 7) is 3.40. The molecule has 0 unspecified atom stereocenters. The van der Waals surface area contributed by atoms with Gasteiger partial charge in [-0.15, -0.1) is 4.80 Å². The lowest BCUT2D eigenvalue weighted by Crippen LogP contribution is -2.11. The molecule has 2 rings (SSSR count). The van der Waals surface area contributed by atoms with Crippen LogP contribution in [-0.2, 0) is 4.79 Å². The normalized spacial score (nSPS) is 9.75. The monoisotopic (exact) mass is 214 g/mol. The predicted octanol–water partition coefficient (Wildman–Crippen LogP) is 1.39. The Labute approximate surface area is 92.4 Å². The number of para-hydroxylation sites is 2. The van der Waals surface area contributed by atoms with E-state index >= 15 is 0 Å². The summed E-state index contributed by atoms with van der Waals surface area (Å²) in [6, 6.07) is 7.27. The average molecular weight is 214 g/mol. The van der Waals surface area contributed by atoms with E-state index < -0.39 is 0 Å². The van der Waals surface area contributed by atoms with Crippen molar-refractivity contribution in [1.29, 1.82) is 0 Å². The van der Waals surface area contributed by atoms with E-state index in [2.05, 4.69) is 22.1 Å². The van der Waals surface area contributed by atoms with E-state index in [9.17, 15) is 4.79 Å². The first-order chi connectivity index (χ1) is 7.81. The fourth-order valence-corrected chi connectivity index (χ4v) is 1.28. The van der Waals surface area contributed by atoms with Gasteiger partial charge < -0.3 is 5.32 Å². The molecule has 0 aliphatic carbocycles. The quantitative estimate of drug-likeness (QED) is 0.785. The molecule has 2 aromatic rings. The van der Waals surface area contributed by atoms with Crippen LogP contribution in [0, 0.1) is 0 Å². The molecular formula is C11H10N4O. The number of nitrogens with one attached hydrogen (secondary N) is 1. The van der Waals surface area contributed by atoms with Gasteiger partial charge in [-0.3, -0.25) is 4.79 Å². The highest BCUT2D eigenvalue weighted by atomic mass is 16.1. The Morgan fingerprint density at radius 1 is 1.31 bits per heavy atom. The summed E-state index contributed by atoms with van der Waals surface area (Å²) in [5.74, 6) is -0.264. The van der Waals surface area contributed by atoms with Crippen molar-refractivity contribution in [1.82, 2.24) is 15.0 Å². The topological polar surface area (TPSA) is 59.8 Å². The van der Waals surface area contributed by atoms with Crippen molar-refractivity contribution in [3.63, 3.8) is 0 Å². The van der Waals surface area contributed by atoms with Gasteiger partial charge in [0.25, 0.3) is 0 Å². The first-order valence-corrected chi connectivity index (χ1v) is 4.70. The van der Waals surface area contributed by atoms with Crippen molar-refractivity contribution in [2.24, 2.45) is 0 Å². The van der Waals surface area contributed by atoms with Crippen LogP contribution in [0.4, 0.5) is 5.69 Å². The Morgan fingerprint density at radius 2 is 2.00 bits per heavy atom. The molecule has 1 amide bonds. The molecule has 1 aromatic heterocycles. The lowest BCUT2D eigenvalue weighted by molar-refractivity contribution is -0.111. The van der Waals surface area contributed by atoms with E-state index in [1.807, 2.05) is 18.2 Å². The first-order valence-electron chi connectivity index (χ1n) is 4.70. The maximum absolute atomic E-state index is 11.2.